The van der Waals surface area contributed by atoms with Crippen molar-refractivity contribution in [1.82, 2.24) is 9.91 Å². The normalized spacial score (nSPS) is 21.5. The standard InChI is InChI=1S/C12H25N3/c1-6-7-8-15-10-13-14(5)11(15)9-12(2,3)4/h10-11H,6-9H2,1-5H3. The third kappa shape index (κ3) is 3.73. The van der Waals surface area contributed by atoms with Crippen molar-refractivity contribution in [1.29, 1.82) is 0 Å². The molecule has 88 valence electrons. The van der Waals surface area contributed by atoms with E-state index >= 15 is 0 Å². The largest absolute Gasteiger partial charge is 0.339 e. The lowest BCUT2D eigenvalue weighted by Gasteiger charge is -2.33. The van der Waals surface area contributed by atoms with E-state index in [1.54, 1.807) is 0 Å². The van der Waals surface area contributed by atoms with Crippen LogP contribution in [0.25, 0.3) is 0 Å². The Morgan fingerprint density at radius 1 is 1.33 bits per heavy atom. The molecule has 1 rings (SSSR count). The van der Waals surface area contributed by atoms with Gasteiger partial charge in [-0.05, 0) is 18.3 Å². The number of unbranched alkanes of at least 4 members (excludes halogenated alkanes) is 1. The van der Waals surface area contributed by atoms with Crippen molar-refractivity contribution in [3.05, 3.63) is 0 Å². The van der Waals surface area contributed by atoms with Gasteiger partial charge in [0.15, 0.2) is 0 Å². The highest BCUT2D eigenvalue weighted by molar-refractivity contribution is 5.56. The molecule has 0 amide bonds. The van der Waals surface area contributed by atoms with Crippen molar-refractivity contribution in [3.8, 4) is 0 Å². The average Bonchev–Trinajstić information content (AvgIpc) is 2.43. The number of rotatable bonds is 4. The molecule has 0 N–H and O–H groups in total. The van der Waals surface area contributed by atoms with E-state index in [-0.39, 0.29) is 0 Å². The summed E-state index contributed by atoms with van der Waals surface area (Å²) in [6, 6.07) is 0. The van der Waals surface area contributed by atoms with Crippen LogP contribution in [0, 0.1) is 5.41 Å². The van der Waals surface area contributed by atoms with Gasteiger partial charge in [0.1, 0.15) is 12.5 Å². The Morgan fingerprint density at radius 2 is 2.00 bits per heavy atom. The molecule has 15 heavy (non-hydrogen) atoms. The number of hydrogen-bond donors (Lipinski definition) is 0. The molecule has 0 spiro atoms. The van der Waals surface area contributed by atoms with Gasteiger partial charge < -0.3 is 4.90 Å². The second kappa shape index (κ2) is 4.86. The summed E-state index contributed by atoms with van der Waals surface area (Å²) in [5.74, 6) is 0. The van der Waals surface area contributed by atoms with Crippen LogP contribution in [0.5, 0.6) is 0 Å². The first-order valence-electron chi connectivity index (χ1n) is 5.97. The minimum atomic E-state index is 0.358. The maximum absolute atomic E-state index is 4.37. The average molecular weight is 211 g/mol. The summed E-state index contributed by atoms with van der Waals surface area (Å²) in [6.07, 6.45) is 6.10. The van der Waals surface area contributed by atoms with Gasteiger partial charge in [0, 0.05) is 13.6 Å². The van der Waals surface area contributed by atoms with Crippen LogP contribution in [0.4, 0.5) is 0 Å². The van der Waals surface area contributed by atoms with Crippen molar-refractivity contribution >= 4 is 6.34 Å². The van der Waals surface area contributed by atoms with Crippen molar-refractivity contribution in [2.75, 3.05) is 13.6 Å². The molecule has 3 heteroatoms. The maximum atomic E-state index is 4.37. The molecule has 0 radical (unpaired) electrons. The molecule has 1 unspecified atom stereocenters. The Kier molecular flexibility index (Phi) is 4.00. The fourth-order valence-electron chi connectivity index (χ4n) is 1.86. The van der Waals surface area contributed by atoms with Gasteiger partial charge in [0.2, 0.25) is 0 Å². The van der Waals surface area contributed by atoms with Crippen molar-refractivity contribution in [2.45, 2.75) is 53.1 Å². The molecule has 1 aliphatic heterocycles. The van der Waals surface area contributed by atoms with Crippen LogP contribution >= 0.6 is 0 Å². The van der Waals surface area contributed by atoms with E-state index in [1.807, 2.05) is 6.34 Å². The molecule has 0 aromatic rings. The smallest absolute Gasteiger partial charge is 0.119 e. The van der Waals surface area contributed by atoms with E-state index in [0.29, 0.717) is 11.6 Å². The SMILES string of the molecule is CCCCN1C=NN(C)C1CC(C)(C)C. The summed E-state index contributed by atoms with van der Waals surface area (Å²) in [5, 5.41) is 6.45. The molecule has 3 nitrogen and oxygen atoms in total. The van der Waals surface area contributed by atoms with Gasteiger partial charge in [0.05, 0.1) is 0 Å². The third-order valence-electron chi connectivity index (χ3n) is 2.76. The number of nitrogens with zero attached hydrogens (tertiary/aromatic N) is 3. The molecule has 1 heterocycles. The highest BCUT2D eigenvalue weighted by Gasteiger charge is 2.28. The predicted octanol–water partition coefficient (Wildman–Crippen LogP) is 2.74. The zero-order valence-corrected chi connectivity index (χ0v) is 10.8. The molecule has 0 aliphatic carbocycles. The third-order valence-corrected chi connectivity index (χ3v) is 2.76. The molecule has 0 aromatic carbocycles. The van der Waals surface area contributed by atoms with Crippen LogP contribution in [-0.4, -0.2) is 36.0 Å². The van der Waals surface area contributed by atoms with Gasteiger partial charge in [-0.2, -0.15) is 5.10 Å². The molecular formula is C12H25N3. The van der Waals surface area contributed by atoms with E-state index in [4.69, 9.17) is 0 Å². The molecule has 0 bridgehead atoms. The molecule has 0 fully saturated rings. The van der Waals surface area contributed by atoms with Crippen molar-refractivity contribution in [3.63, 3.8) is 0 Å². The highest BCUT2D eigenvalue weighted by Crippen LogP contribution is 2.26. The van der Waals surface area contributed by atoms with Gasteiger partial charge in [-0.3, -0.25) is 5.01 Å². The van der Waals surface area contributed by atoms with Gasteiger partial charge in [-0.25, -0.2) is 0 Å². The molecule has 1 aliphatic rings. The molecular weight excluding hydrogens is 186 g/mol. The summed E-state index contributed by atoms with van der Waals surface area (Å²) in [6.45, 7) is 10.2. The van der Waals surface area contributed by atoms with Crippen LogP contribution < -0.4 is 0 Å². The second-order valence-electron chi connectivity index (χ2n) is 5.64. The van der Waals surface area contributed by atoms with E-state index in [1.165, 1.54) is 12.8 Å². The minimum Gasteiger partial charge on any atom is -0.339 e. The Bertz CT molecular complexity index is 217. The topological polar surface area (TPSA) is 18.8 Å². The van der Waals surface area contributed by atoms with E-state index in [0.717, 1.165) is 13.0 Å². The van der Waals surface area contributed by atoms with Crippen LogP contribution in [0.3, 0.4) is 0 Å². The fourth-order valence-corrected chi connectivity index (χ4v) is 1.86. The number of hydrogen-bond acceptors (Lipinski definition) is 3. The first-order chi connectivity index (χ1) is 6.94. The van der Waals surface area contributed by atoms with Gasteiger partial charge in [-0.15, -0.1) is 0 Å². The molecule has 0 saturated carbocycles. The van der Waals surface area contributed by atoms with Gasteiger partial charge >= 0.3 is 0 Å². The summed E-state index contributed by atoms with van der Waals surface area (Å²) < 4.78 is 0. The fraction of sp³-hybridized carbons (Fsp3) is 0.917. The van der Waals surface area contributed by atoms with Crippen molar-refractivity contribution in [2.24, 2.45) is 10.5 Å². The Balaban J connectivity index is 2.52. The first kappa shape index (κ1) is 12.3. The second-order valence-corrected chi connectivity index (χ2v) is 5.64. The summed E-state index contributed by atoms with van der Waals surface area (Å²) in [7, 11) is 2.07. The zero-order valence-electron chi connectivity index (χ0n) is 10.8. The quantitative estimate of drug-likeness (QED) is 0.712. The molecule has 1 atom stereocenters. The Labute approximate surface area is 94.1 Å². The first-order valence-corrected chi connectivity index (χ1v) is 5.97. The van der Waals surface area contributed by atoms with Gasteiger partial charge in [0.25, 0.3) is 0 Å². The van der Waals surface area contributed by atoms with E-state index in [9.17, 15) is 0 Å². The lowest BCUT2D eigenvalue weighted by molar-refractivity contribution is 0.110. The van der Waals surface area contributed by atoms with Crippen molar-refractivity contribution < 1.29 is 0 Å². The summed E-state index contributed by atoms with van der Waals surface area (Å²) >= 11 is 0. The lowest BCUT2D eigenvalue weighted by Crippen LogP contribution is -2.41. The van der Waals surface area contributed by atoms with Crippen LogP contribution in [0.1, 0.15) is 47.0 Å². The number of hydrazone groups is 1. The highest BCUT2D eigenvalue weighted by atomic mass is 15.6. The predicted molar refractivity (Wildman–Crippen MR) is 65.7 cm³/mol. The van der Waals surface area contributed by atoms with E-state index < -0.39 is 0 Å². The monoisotopic (exact) mass is 211 g/mol. The Morgan fingerprint density at radius 3 is 2.53 bits per heavy atom. The van der Waals surface area contributed by atoms with E-state index in [2.05, 4.69) is 49.8 Å². The summed E-state index contributed by atoms with van der Waals surface area (Å²) in [4.78, 5) is 2.37. The minimum absolute atomic E-state index is 0.358. The summed E-state index contributed by atoms with van der Waals surface area (Å²) in [5.41, 5.74) is 0.358. The van der Waals surface area contributed by atoms with Crippen LogP contribution in [0.2, 0.25) is 0 Å². The van der Waals surface area contributed by atoms with Crippen LogP contribution in [0.15, 0.2) is 5.10 Å². The van der Waals surface area contributed by atoms with Crippen LogP contribution in [-0.2, 0) is 0 Å². The zero-order chi connectivity index (χ0) is 11.5. The lowest BCUT2D eigenvalue weighted by atomic mass is 9.90. The maximum Gasteiger partial charge on any atom is 0.119 e. The molecule has 0 saturated heterocycles. The molecule has 0 aromatic heterocycles. The Hall–Kier alpha value is -0.730. The van der Waals surface area contributed by atoms with Gasteiger partial charge in [-0.1, -0.05) is 34.1 Å².